The maximum Gasteiger partial charge on any atom is 0.164 e. The van der Waals surface area contributed by atoms with Crippen molar-refractivity contribution in [1.29, 1.82) is 0 Å². The number of carbonyl (C=O) groups excluding carboxylic acids is 1. The van der Waals surface area contributed by atoms with E-state index >= 15 is 0 Å². The summed E-state index contributed by atoms with van der Waals surface area (Å²) in [7, 11) is 0. The first-order chi connectivity index (χ1) is 4.45. The molecule has 0 atom stereocenters. The average Bonchev–Trinajstić information content (AvgIpc) is 1.59. The summed E-state index contributed by atoms with van der Waals surface area (Å²) in [6, 6.07) is 0. The summed E-state index contributed by atoms with van der Waals surface area (Å²) >= 11 is 0. The van der Waals surface area contributed by atoms with E-state index in [4.69, 9.17) is 10.4 Å². The molecule has 0 aromatic carbocycles. The van der Waals surface area contributed by atoms with Crippen LogP contribution in [0.5, 0.6) is 0 Å². The quantitative estimate of drug-likeness (QED) is 0.441. The molecule has 0 aliphatic heterocycles. The lowest BCUT2D eigenvalue weighted by atomic mass is 10.0. The van der Waals surface area contributed by atoms with Crippen LogP contribution in [0.1, 0.15) is 20.3 Å². The van der Waals surface area contributed by atoms with Gasteiger partial charge in [-0.05, 0) is 13.8 Å². The molecule has 0 aromatic heterocycles. The third-order valence-electron chi connectivity index (χ3n) is 0.855. The topological polar surface area (TPSA) is 66.8 Å². The minimum Gasteiger partial charge on any atom is -0.390 e. The largest absolute Gasteiger partial charge is 0.390 e. The van der Waals surface area contributed by atoms with Crippen LogP contribution in [0.3, 0.4) is 0 Å². The minimum atomic E-state index is -1.02. The average molecular weight is 148 g/mol. The predicted molar refractivity (Wildman–Crippen MR) is 34.5 cm³/mol. The summed E-state index contributed by atoms with van der Waals surface area (Å²) in [5.74, 6) is -0.324. The van der Waals surface area contributed by atoms with E-state index in [9.17, 15) is 4.79 Å². The van der Waals surface area contributed by atoms with Gasteiger partial charge in [0.25, 0.3) is 0 Å². The molecule has 4 heteroatoms. The molecule has 0 bridgehead atoms. The van der Waals surface area contributed by atoms with Crippen LogP contribution in [0.25, 0.3) is 0 Å². The normalized spacial score (nSPS) is 11.6. The monoisotopic (exact) mass is 148 g/mol. The van der Waals surface area contributed by atoms with Gasteiger partial charge in [0.1, 0.15) is 6.61 Å². The number of aliphatic hydroxyl groups is 1. The second-order valence-corrected chi connectivity index (χ2v) is 2.80. The highest BCUT2D eigenvalue weighted by Gasteiger charge is 2.17. The number of ketones is 1. The van der Waals surface area contributed by atoms with Gasteiger partial charge in [-0.15, -0.1) is 0 Å². The molecule has 0 amide bonds. The Morgan fingerprint density at radius 2 is 2.10 bits per heavy atom. The van der Waals surface area contributed by atoms with Crippen LogP contribution < -0.4 is 0 Å². The maximum atomic E-state index is 10.6. The van der Waals surface area contributed by atoms with Gasteiger partial charge in [-0.2, -0.15) is 0 Å². The summed E-state index contributed by atoms with van der Waals surface area (Å²) < 4.78 is 0. The van der Waals surface area contributed by atoms with Crippen LogP contribution in [0.2, 0.25) is 0 Å². The first-order valence-electron chi connectivity index (χ1n) is 2.96. The van der Waals surface area contributed by atoms with E-state index in [1.165, 1.54) is 13.8 Å². The molecule has 0 spiro atoms. The molecule has 0 aliphatic rings. The van der Waals surface area contributed by atoms with Crippen LogP contribution in [0.4, 0.5) is 0 Å². The number of hydrogen-bond donors (Lipinski definition) is 2. The summed E-state index contributed by atoms with van der Waals surface area (Å²) in [5.41, 5.74) is -1.02. The van der Waals surface area contributed by atoms with Crippen molar-refractivity contribution in [1.82, 2.24) is 0 Å². The van der Waals surface area contributed by atoms with Crippen molar-refractivity contribution in [3.63, 3.8) is 0 Å². The van der Waals surface area contributed by atoms with E-state index in [1.807, 2.05) is 0 Å². The summed E-state index contributed by atoms with van der Waals surface area (Å²) in [6.07, 6.45) is -0.00639. The SMILES string of the molecule is CC(C)(O)CC(=O)COO. The Hall–Kier alpha value is -0.450. The Morgan fingerprint density at radius 3 is 2.40 bits per heavy atom. The second-order valence-electron chi connectivity index (χ2n) is 2.80. The second kappa shape index (κ2) is 3.65. The highest BCUT2D eigenvalue weighted by Crippen LogP contribution is 2.06. The van der Waals surface area contributed by atoms with Gasteiger partial charge in [-0.1, -0.05) is 0 Å². The fraction of sp³-hybridized carbons (Fsp3) is 0.833. The van der Waals surface area contributed by atoms with Crippen LogP contribution >= 0.6 is 0 Å². The zero-order valence-corrected chi connectivity index (χ0v) is 6.13. The van der Waals surface area contributed by atoms with Gasteiger partial charge in [0.2, 0.25) is 0 Å². The molecule has 0 saturated carbocycles. The van der Waals surface area contributed by atoms with Crippen molar-refractivity contribution >= 4 is 5.78 Å². The fourth-order valence-electron chi connectivity index (χ4n) is 0.606. The molecule has 0 saturated heterocycles. The Morgan fingerprint density at radius 1 is 1.60 bits per heavy atom. The van der Waals surface area contributed by atoms with Gasteiger partial charge in [-0.25, -0.2) is 4.89 Å². The molecule has 0 aromatic rings. The fourth-order valence-corrected chi connectivity index (χ4v) is 0.606. The van der Waals surface area contributed by atoms with E-state index in [0.717, 1.165) is 0 Å². The molecule has 0 rings (SSSR count). The Labute approximate surface area is 59.4 Å². The lowest BCUT2D eigenvalue weighted by Crippen LogP contribution is -2.25. The zero-order chi connectivity index (χ0) is 8.20. The zero-order valence-electron chi connectivity index (χ0n) is 6.13. The molecule has 0 heterocycles. The van der Waals surface area contributed by atoms with Gasteiger partial charge in [0, 0.05) is 6.42 Å². The van der Waals surface area contributed by atoms with Crippen molar-refractivity contribution in [2.24, 2.45) is 0 Å². The molecule has 2 N–H and O–H groups in total. The van der Waals surface area contributed by atoms with Crippen molar-refractivity contribution in [2.45, 2.75) is 25.9 Å². The van der Waals surface area contributed by atoms with Gasteiger partial charge >= 0.3 is 0 Å². The van der Waals surface area contributed by atoms with Crippen LogP contribution in [0.15, 0.2) is 0 Å². The predicted octanol–water partition coefficient (Wildman–Crippen LogP) is 0.206. The van der Waals surface area contributed by atoms with Crippen LogP contribution in [-0.4, -0.2) is 28.4 Å². The van der Waals surface area contributed by atoms with E-state index in [-0.39, 0.29) is 18.8 Å². The smallest absolute Gasteiger partial charge is 0.164 e. The highest BCUT2D eigenvalue weighted by atomic mass is 17.1. The lowest BCUT2D eigenvalue weighted by molar-refractivity contribution is -0.238. The number of carbonyl (C=O) groups is 1. The number of Topliss-reactive ketones (excluding diaryl/α,β-unsaturated/α-hetero) is 1. The first-order valence-corrected chi connectivity index (χ1v) is 2.96. The van der Waals surface area contributed by atoms with Gasteiger partial charge in [0.05, 0.1) is 5.60 Å². The number of rotatable bonds is 4. The van der Waals surface area contributed by atoms with Crippen molar-refractivity contribution in [3.05, 3.63) is 0 Å². The highest BCUT2D eigenvalue weighted by molar-refractivity contribution is 5.80. The van der Waals surface area contributed by atoms with Gasteiger partial charge < -0.3 is 5.11 Å². The third kappa shape index (κ3) is 5.68. The summed E-state index contributed by atoms with van der Waals surface area (Å²) in [4.78, 5) is 14.2. The van der Waals surface area contributed by atoms with Gasteiger partial charge in [0.15, 0.2) is 5.78 Å². The summed E-state index contributed by atoms with van der Waals surface area (Å²) in [6.45, 7) is 2.68. The van der Waals surface area contributed by atoms with Crippen molar-refractivity contribution < 1.29 is 20.0 Å². The molecule has 0 radical (unpaired) electrons. The van der Waals surface area contributed by atoms with E-state index < -0.39 is 5.60 Å². The maximum absolute atomic E-state index is 10.6. The Balaban J connectivity index is 3.58. The number of hydrogen-bond acceptors (Lipinski definition) is 4. The third-order valence-corrected chi connectivity index (χ3v) is 0.855. The molecular formula is C6H12O4. The van der Waals surface area contributed by atoms with Gasteiger partial charge in [-0.3, -0.25) is 10.1 Å². The van der Waals surface area contributed by atoms with E-state index in [1.54, 1.807) is 0 Å². The summed E-state index contributed by atoms with van der Waals surface area (Å²) in [5, 5.41) is 16.9. The first kappa shape index (κ1) is 9.55. The molecule has 0 aliphatic carbocycles. The minimum absolute atomic E-state index is 0.00639. The molecular weight excluding hydrogens is 136 g/mol. The molecule has 0 unspecified atom stereocenters. The van der Waals surface area contributed by atoms with E-state index in [2.05, 4.69) is 4.89 Å². The molecule has 0 fully saturated rings. The van der Waals surface area contributed by atoms with Crippen molar-refractivity contribution in [3.8, 4) is 0 Å². The molecule has 4 nitrogen and oxygen atoms in total. The molecule has 10 heavy (non-hydrogen) atoms. The Bertz CT molecular complexity index is 113. The van der Waals surface area contributed by atoms with Crippen molar-refractivity contribution in [2.75, 3.05) is 6.61 Å². The standard InChI is InChI=1S/C6H12O4/c1-6(2,8)3-5(7)4-10-9/h8-9H,3-4H2,1-2H3. The molecule has 60 valence electrons. The van der Waals surface area contributed by atoms with Crippen LogP contribution in [-0.2, 0) is 9.68 Å². The lowest BCUT2D eigenvalue weighted by Gasteiger charge is -2.14. The Kier molecular flexibility index (Phi) is 3.49. The van der Waals surface area contributed by atoms with E-state index in [0.29, 0.717) is 0 Å². The van der Waals surface area contributed by atoms with Crippen LogP contribution in [0, 0.1) is 0 Å².